The van der Waals surface area contributed by atoms with Crippen LogP contribution in [0.2, 0.25) is 0 Å². The van der Waals surface area contributed by atoms with E-state index in [9.17, 15) is 0 Å². The lowest BCUT2D eigenvalue weighted by Crippen LogP contribution is -2.13. The molecule has 3 heteroatoms. The molecule has 22 heavy (non-hydrogen) atoms. The molecule has 0 aliphatic rings. The largest absolute Gasteiger partial charge is 0.492 e. The van der Waals surface area contributed by atoms with Gasteiger partial charge in [0.2, 0.25) is 0 Å². The summed E-state index contributed by atoms with van der Waals surface area (Å²) in [6.45, 7) is 7.55. The monoisotopic (exact) mass is 299 g/mol. The second kappa shape index (κ2) is 8.32. The zero-order valence-corrected chi connectivity index (χ0v) is 13.6. The minimum Gasteiger partial charge on any atom is -0.492 e. The Bertz CT molecular complexity index is 564. The van der Waals surface area contributed by atoms with Crippen molar-refractivity contribution in [1.82, 2.24) is 0 Å². The summed E-state index contributed by atoms with van der Waals surface area (Å²) < 4.78 is 11.5. The summed E-state index contributed by atoms with van der Waals surface area (Å²) in [7, 11) is 0. The van der Waals surface area contributed by atoms with Crippen LogP contribution in [0.25, 0.3) is 0 Å². The van der Waals surface area contributed by atoms with Crippen LogP contribution in [-0.4, -0.2) is 19.3 Å². The van der Waals surface area contributed by atoms with Gasteiger partial charge in [0, 0.05) is 6.54 Å². The highest BCUT2D eigenvalue weighted by Crippen LogP contribution is 2.24. The Labute approximate surface area is 133 Å². The molecule has 2 aromatic carbocycles. The van der Waals surface area contributed by atoms with Crippen molar-refractivity contribution in [2.24, 2.45) is 0 Å². The van der Waals surface area contributed by atoms with Crippen LogP contribution in [0, 0.1) is 0 Å². The Hall–Kier alpha value is -2.16. The number of benzene rings is 2. The second-order valence-electron chi connectivity index (χ2n) is 5.44. The molecule has 0 unspecified atom stereocenters. The number of hydrogen-bond acceptors (Lipinski definition) is 3. The van der Waals surface area contributed by atoms with E-state index in [0.29, 0.717) is 6.61 Å². The maximum atomic E-state index is 5.78. The number of aryl methyl sites for hydroxylation is 1. The summed E-state index contributed by atoms with van der Waals surface area (Å²) in [6, 6.07) is 16.2. The quantitative estimate of drug-likeness (QED) is 0.727. The summed E-state index contributed by atoms with van der Waals surface area (Å²) in [5.74, 6) is 1.79. The van der Waals surface area contributed by atoms with Gasteiger partial charge in [-0.25, -0.2) is 0 Å². The van der Waals surface area contributed by atoms with Gasteiger partial charge in [0.25, 0.3) is 0 Å². The highest BCUT2D eigenvalue weighted by molar-refractivity contribution is 5.56. The number of anilines is 1. The molecule has 0 radical (unpaired) electrons. The SMILES string of the molecule is CCc1ccc(OCCNc2ccccc2OC(C)C)cc1. The summed E-state index contributed by atoms with van der Waals surface area (Å²) in [5.41, 5.74) is 2.33. The van der Waals surface area contributed by atoms with Crippen molar-refractivity contribution in [3.63, 3.8) is 0 Å². The zero-order chi connectivity index (χ0) is 15.8. The van der Waals surface area contributed by atoms with Gasteiger partial charge in [0.05, 0.1) is 11.8 Å². The first-order valence-corrected chi connectivity index (χ1v) is 7.90. The lowest BCUT2D eigenvalue weighted by Gasteiger charge is -2.15. The molecule has 0 bridgehead atoms. The fourth-order valence-electron chi connectivity index (χ4n) is 2.15. The fourth-order valence-corrected chi connectivity index (χ4v) is 2.15. The summed E-state index contributed by atoms with van der Waals surface area (Å²) in [5, 5.41) is 3.36. The Kier molecular flexibility index (Phi) is 6.13. The molecule has 0 amide bonds. The van der Waals surface area contributed by atoms with E-state index in [2.05, 4.69) is 24.4 Å². The Morgan fingerprint density at radius 3 is 2.41 bits per heavy atom. The first-order valence-electron chi connectivity index (χ1n) is 7.90. The number of para-hydroxylation sites is 2. The standard InChI is InChI=1S/C19H25NO2/c1-4-16-9-11-17(12-10-16)21-14-13-20-18-7-5-6-8-19(18)22-15(2)3/h5-12,15,20H,4,13-14H2,1-3H3. The molecule has 1 N–H and O–H groups in total. The van der Waals surface area contributed by atoms with E-state index in [1.54, 1.807) is 0 Å². The van der Waals surface area contributed by atoms with Crippen LogP contribution in [0.4, 0.5) is 5.69 Å². The highest BCUT2D eigenvalue weighted by Gasteiger charge is 2.04. The van der Waals surface area contributed by atoms with Crippen molar-refractivity contribution in [3.8, 4) is 11.5 Å². The average Bonchev–Trinajstić information content (AvgIpc) is 2.53. The number of rotatable bonds is 8. The number of ether oxygens (including phenoxy) is 2. The molecule has 0 spiro atoms. The van der Waals surface area contributed by atoms with Gasteiger partial charge in [-0.05, 0) is 50.1 Å². The van der Waals surface area contributed by atoms with Gasteiger partial charge in [-0.2, -0.15) is 0 Å². The van der Waals surface area contributed by atoms with Crippen LogP contribution >= 0.6 is 0 Å². The molecule has 0 aromatic heterocycles. The van der Waals surface area contributed by atoms with Crippen molar-refractivity contribution in [2.45, 2.75) is 33.3 Å². The van der Waals surface area contributed by atoms with E-state index in [0.717, 1.165) is 30.2 Å². The minimum atomic E-state index is 0.163. The normalized spacial score (nSPS) is 10.5. The molecular formula is C19H25NO2. The van der Waals surface area contributed by atoms with Crippen molar-refractivity contribution in [1.29, 1.82) is 0 Å². The molecule has 0 aliphatic heterocycles. The molecule has 2 aromatic rings. The third-order valence-corrected chi connectivity index (χ3v) is 3.27. The maximum Gasteiger partial charge on any atom is 0.142 e. The topological polar surface area (TPSA) is 30.5 Å². The van der Waals surface area contributed by atoms with E-state index < -0.39 is 0 Å². The van der Waals surface area contributed by atoms with Crippen LogP contribution < -0.4 is 14.8 Å². The minimum absolute atomic E-state index is 0.163. The molecule has 0 saturated carbocycles. The molecule has 0 fully saturated rings. The Morgan fingerprint density at radius 1 is 1.00 bits per heavy atom. The average molecular weight is 299 g/mol. The van der Waals surface area contributed by atoms with E-state index in [1.807, 2.05) is 50.2 Å². The van der Waals surface area contributed by atoms with Crippen LogP contribution in [0.5, 0.6) is 11.5 Å². The van der Waals surface area contributed by atoms with E-state index in [1.165, 1.54) is 5.56 Å². The molecule has 118 valence electrons. The lowest BCUT2D eigenvalue weighted by atomic mass is 10.2. The van der Waals surface area contributed by atoms with Crippen molar-refractivity contribution < 1.29 is 9.47 Å². The van der Waals surface area contributed by atoms with Gasteiger partial charge >= 0.3 is 0 Å². The van der Waals surface area contributed by atoms with E-state index >= 15 is 0 Å². The van der Waals surface area contributed by atoms with E-state index in [-0.39, 0.29) is 6.10 Å². The van der Waals surface area contributed by atoms with Gasteiger partial charge in [0.15, 0.2) is 0 Å². The summed E-state index contributed by atoms with van der Waals surface area (Å²) >= 11 is 0. The number of hydrogen-bond donors (Lipinski definition) is 1. The highest BCUT2D eigenvalue weighted by atomic mass is 16.5. The Morgan fingerprint density at radius 2 is 1.73 bits per heavy atom. The second-order valence-corrected chi connectivity index (χ2v) is 5.44. The van der Waals surface area contributed by atoms with Gasteiger partial charge in [-0.15, -0.1) is 0 Å². The third-order valence-electron chi connectivity index (χ3n) is 3.27. The molecule has 0 saturated heterocycles. The molecule has 0 aliphatic carbocycles. The van der Waals surface area contributed by atoms with Crippen LogP contribution in [-0.2, 0) is 6.42 Å². The molecule has 0 atom stereocenters. The molecule has 3 nitrogen and oxygen atoms in total. The predicted octanol–water partition coefficient (Wildman–Crippen LogP) is 4.53. The zero-order valence-electron chi connectivity index (χ0n) is 13.6. The third kappa shape index (κ3) is 4.99. The van der Waals surface area contributed by atoms with E-state index in [4.69, 9.17) is 9.47 Å². The van der Waals surface area contributed by atoms with Gasteiger partial charge in [-0.3, -0.25) is 0 Å². The van der Waals surface area contributed by atoms with Gasteiger partial charge in [0.1, 0.15) is 18.1 Å². The predicted molar refractivity (Wildman–Crippen MR) is 92.0 cm³/mol. The molecule has 2 rings (SSSR count). The van der Waals surface area contributed by atoms with Gasteiger partial charge in [-0.1, -0.05) is 31.2 Å². The smallest absolute Gasteiger partial charge is 0.142 e. The lowest BCUT2D eigenvalue weighted by molar-refractivity contribution is 0.243. The first-order chi connectivity index (χ1) is 10.7. The van der Waals surface area contributed by atoms with Crippen molar-refractivity contribution >= 4 is 5.69 Å². The van der Waals surface area contributed by atoms with Crippen LogP contribution in [0.3, 0.4) is 0 Å². The van der Waals surface area contributed by atoms with Crippen molar-refractivity contribution in [2.75, 3.05) is 18.5 Å². The fraction of sp³-hybridized carbons (Fsp3) is 0.368. The summed E-state index contributed by atoms with van der Waals surface area (Å²) in [4.78, 5) is 0. The van der Waals surface area contributed by atoms with Crippen molar-refractivity contribution in [3.05, 3.63) is 54.1 Å². The molecule has 0 heterocycles. The Balaban J connectivity index is 1.81. The summed E-state index contributed by atoms with van der Waals surface area (Å²) in [6.07, 6.45) is 1.21. The first kappa shape index (κ1) is 16.2. The maximum absolute atomic E-state index is 5.78. The van der Waals surface area contributed by atoms with Gasteiger partial charge < -0.3 is 14.8 Å². The molecular weight excluding hydrogens is 274 g/mol. The number of nitrogens with one attached hydrogen (secondary N) is 1. The van der Waals surface area contributed by atoms with Crippen LogP contribution in [0.15, 0.2) is 48.5 Å². The van der Waals surface area contributed by atoms with Crippen LogP contribution in [0.1, 0.15) is 26.3 Å².